The molecule has 3 rings (SSSR count). The molecular weight excluding hydrogens is 358 g/mol. The number of amidine groups is 1. The van der Waals surface area contributed by atoms with E-state index in [1.807, 2.05) is 0 Å². The number of hydrogen-bond acceptors (Lipinski definition) is 6. The molecule has 1 saturated heterocycles. The van der Waals surface area contributed by atoms with Crippen LogP contribution in [0.5, 0.6) is 0 Å². The van der Waals surface area contributed by atoms with Gasteiger partial charge in [0.05, 0.1) is 0 Å². The number of benzene rings is 1. The van der Waals surface area contributed by atoms with Crippen molar-refractivity contribution in [2.45, 2.75) is 30.2 Å². The minimum atomic E-state index is -3.76. The molecule has 0 spiro atoms. The van der Waals surface area contributed by atoms with E-state index in [0.717, 1.165) is 12.8 Å². The summed E-state index contributed by atoms with van der Waals surface area (Å²) in [4.78, 5) is 27.4. The van der Waals surface area contributed by atoms with Gasteiger partial charge >= 0.3 is 5.97 Å². The van der Waals surface area contributed by atoms with E-state index in [4.69, 9.17) is 4.74 Å². The summed E-state index contributed by atoms with van der Waals surface area (Å²) < 4.78 is 33.6. The van der Waals surface area contributed by atoms with E-state index in [9.17, 15) is 18.0 Å². The van der Waals surface area contributed by atoms with Crippen molar-refractivity contribution in [3.63, 3.8) is 0 Å². The number of ether oxygens (including phenoxy) is 1. The maximum Gasteiger partial charge on any atom is 0.329 e. The van der Waals surface area contributed by atoms with Crippen molar-refractivity contribution in [1.29, 1.82) is 0 Å². The Bertz CT molecular complexity index is 863. The van der Waals surface area contributed by atoms with Crippen LogP contribution in [0.2, 0.25) is 0 Å². The van der Waals surface area contributed by atoms with Crippen LogP contribution in [0.25, 0.3) is 0 Å². The van der Waals surface area contributed by atoms with Crippen molar-refractivity contribution >= 4 is 27.7 Å². The first-order chi connectivity index (χ1) is 12.3. The summed E-state index contributed by atoms with van der Waals surface area (Å²) in [7, 11) is -0.594. The highest BCUT2D eigenvalue weighted by atomic mass is 32.2. The maximum atomic E-state index is 12.5. The Morgan fingerprint density at radius 2 is 2.00 bits per heavy atom. The summed E-state index contributed by atoms with van der Waals surface area (Å²) in [5, 5.41) is 0. The molecule has 2 aliphatic rings. The van der Waals surface area contributed by atoms with Crippen LogP contribution in [-0.4, -0.2) is 69.2 Å². The molecule has 140 valence electrons. The Labute approximate surface area is 152 Å². The van der Waals surface area contributed by atoms with E-state index in [1.165, 1.54) is 11.0 Å². The first-order valence-electron chi connectivity index (χ1n) is 8.39. The fourth-order valence-corrected chi connectivity index (χ4v) is 4.30. The van der Waals surface area contributed by atoms with Gasteiger partial charge in [0.2, 0.25) is 0 Å². The Morgan fingerprint density at radius 1 is 1.27 bits per heavy atom. The van der Waals surface area contributed by atoms with Crippen molar-refractivity contribution in [3.05, 3.63) is 29.8 Å². The van der Waals surface area contributed by atoms with Gasteiger partial charge in [-0.2, -0.15) is 8.42 Å². The van der Waals surface area contributed by atoms with Gasteiger partial charge in [-0.1, -0.05) is 12.1 Å². The lowest BCUT2D eigenvalue weighted by Gasteiger charge is -2.35. The lowest BCUT2D eigenvalue weighted by Crippen LogP contribution is -2.49. The van der Waals surface area contributed by atoms with Gasteiger partial charge in [-0.05, 0) is 31.4 Å². The Morgan fingerprint density at radius 3 is 2.73 bits per heavy atom. The molecule has 1 amide bonds. The summed E-state index contributed by atoms with van der Waals surface area (Å²) in [5.41, 5.74) is 0.497. The van der Waals surface area contributed by atoms with Crippen LogP contribution in [0.4, 0.5) is 0 Å². The van der Waals surface area contributed by atoms with Crippen molar-refractivity contribution in [2.24, 2.45) is 4.40 Å². The third kappa shape index (κ3) is 3.44. The number of piperidine rings is 1. The molecule has 0 bridgehead atoms. The first-order valence-corrected chi connectivity index (χ1v) is 9.83. The molecule has 0 aliphatic carbocycles. The molecule has 1 aromatic rings. The SMILES string of the molecule is CN(C)C(=O)COC(=O)[C@@H]1CCCCN1C1=NS(=O)(=O)c2ccccc21. The Hall–Kier alpha value is -2.42. The molecule has 1 fully saturated rings. The molecule has 1 aromatic carbocycles. The fourth-order valence-electron chi connectivity index (χ4n) is 3.08. The van der Waals surface area contributed by atoms with Gasteiger partial charge in [0.25, 0.3) is 15.9 Å². The number of carbonyl (C=O) groups excluding carboxylic acids is 2. The van der Waals surface area contributed by atoms with Crippen LogP contribution >= 0.6 is 0 Å². The lowest BCUT2D eigenvalue weighted by atomic mass is 10.0. The quantitative estimate of drug-likeness (QED) is 0.715. The number of sulfonamides is 1. The zero-order valence-corrected chi connectivity index (χ0v) is 15.5. The molecule has 2 aliphatic heterocycles. The van der Waals surface area contributed by atoms with Crippen molar-refractivity contribution in [3.8, 4) is 0 Å². The number of amides is 1. The number of hydrogen-bond donors (Lipinski definition) is 0. The van der Waals surface area contributed by atoms with Gasteiger partial charge in [-0.15, -0.1) is 4.40 Å². The van der Waals surface area contributed by atoms with Crippen LogP contribution in [0, 0.1) is 0 Å². The summed E-state index contributed by atoms with van der Waals surface area (Å²) in [6.45, 7) is 0.168. The van der Waals surface area contributed by atoms with Crippen LogP contribution in [0.15, 0.2) is 33.6 Å². The number of likely N-dealkylation sites (N-methyl/N-ethyl adjacent to an activating group) is 1. The fraction of sp³-hybridized carbons (Fsp3) is 0.471. The minimum absolute atomic E-state index is 0.149. The standard InChI is InChI=1S/C17H21N3O5S/c1-19(2)15(21)11-25-17(22)13-8-5-6-10-20(13)16-12-7-3-4-9-14(12)26(23,24)18-16/h3-4,7,9,13H,5-6,8,10-11H2,1-2H3/t13-/m0/s1. The second-order valence-electron chi connectivity index (χ2n) is 6.49. The average molecular weight is 379 g/mol. The van der Waals surface area contributed by atoms with Crippen molar-refractivity contribution in [2.75, 3.05) is 27.2 Å². The Kier molecular flexibility index (Phi) is 4.99. The van der Waals surface area contributed by atoms with Gasteiger partial charge in [-0.3, -0.25) is 4.79 Å². The van der Waals surface area contributed by atoms with E-state index >= 15 is 0 Å². The third-order valence-corrected chi connectivity index (χ3v) is 5.82. The van der Waals surface area contributed by atoms with E-state index in [1.54, 1.807) is 37.2 Å². The molecule has 0 saturated carbocycles. The van der Waals surface area contributed by atoms with E-state index < -0.39 is 22.0 Å². The zero-order valence-electron chi connectivity index (χ0n) is 14.7. The second-order valence-corrected chi connectivity index (χ2v) is 8.06. The molecule has 0 N–H and O–H groups in total. The highest BCUT2D eigenvalue weighted by Crippen LogP contribution is 2.30. The number of likely N-dealkylation sites (tertiary alicyclic amines) is 1. The van der Waals surface area contributed by atoms with Crippen molar-refractivity contribution < 1.29 is 22.7 Å². The average Bonchev–Trinajstić information content (AvgIpc) is 2.91. The van der Waals surface area contributed by atoms with Gasteiger partial charge < -0.3 is 14.5 Å². The van der Waals surface area contributed by atoms with Crippen molar-refractivity contribution in [1.82, 2.24) is 9.80 Å². The smallest absolute Gasteiger partial charge is 0.329 e. The van der Waals surface area contributed by atoms with Gasteiger partial charge in [0.15, 0.2) is 12.4 Å². The maximum absolute atomic E-state index is 12.5. The number of fused-ring (bicyclic) bond motifs is 1. The van der Waals surface area contributed by atoms with E-state index in [2.05, 4.69) is 4.40 Å². The molecule has 8 nitrogen and oxygen atoms in total. The highest BCUT2D eigenvalue weighted by molar-refractivity contribution is 7.90. The van der Waals surface area contributed by atoms with Gasteiger partial charge in [0, 0.05) is 26.2 Å². The largest absolute Gasteiger partial charge is 0.454 e. The van der Waals surface area contributed by atoms with Crippen LogP contribution in [0.3, 0.4) is 0 Å². The summed E-state index contributed by atoms with van der Waals surface area (Å²) in [6.07, 6.45) is 2.16. The molecule has 0 unspecified atom stereocenters. The van der Waals surface area contributed by atoms with Crippen LogP contribution in [-0.2, 0) is 24.3 Å². The summed E-state index contributed by atoms with van der Waals surface area (Å²) in [5.74, 6) is -0.572. The molecule has 0 aromatic heterocycles. The Balaban J connectivity index is 1.84. The zero-order chi connectivity index (χ0) is 18.9. The summed E-state index contributed by atoms with van der Waals surface area (Å²) in [6, 6.07) is 5.92. The molecule has 9 heteroatoms. The molecule has 0 radical (unpaired) electrons. The topological polar surface area (TPSA) is 96.3 Å². The number of carbonyl (C=O) groups is 2. The predicted octanol–water partition coefficient (Wildman–Crippen LogP) is 0.621. The van der Waals surface area contributed by atoms with E-state index in [-0.39, 0.29) is 23.2 Å². The number of rotatable bonds is 3. The lowest BCUT2D eigenvalue weighted by molar-refractivity contribution is -0.155. The first kappa shape index (κ1) is 18.4. The number of nitrogens with zero attached hydrogens (tertiary/aromatic N) is 3. The van der Waals surface area contributed by atoms with Gasteiger partial charge in [-0.25, -0.2) is 4.79 Å². The van der Waals surface area contributed by atoms with Gasteiger partial charge in [0.1, 0.15) is 10.9 Å². The molecule has 1 atom stereocenters. The molecule has 2 heterocycles. The van der Waals surface area contributed by atoms with Crippen LogP contribution < -0.4 is 0 Å². The summed E-state index contributed by atoms with van der Waals surface area (Å²) >= 11 is 0. The highest BCUT2D eigenvalue weighted by Gasteiger charge is 2.38. The molecular formula is C17H21N3O5S. The van der Waals surface area contributed by atoms with Crippen LogP contribution in [0.1, 0.15) is 24.8 Å². The molecule has 26 heavy (non-hydrogen) atoms. The normalized spacial score (nSPS) is 20.9. The predicted molar refractivity (Wildman–Crippen MR) is 94.2 cm³/mol. The second kappa shape index (κ2) is 7.06. The monoisotopic (exact) mass is 379 g/mol. The third-order valence-electron chi connectivity index (χ3n) is 4.50. The van der Waals surface area contributed by atoms with E-state index in [0.29, 0.717) is 18.5 Å². The number of esters is 1. The minimum Gasteiger partial charge on any atom is -0.454 e.